The van der Waals surface area contributed by atoms with Gasteiger partial charge < -0.3 is 9.47 Å². The van der Waals surface area contributed by atoms with Crippen LogP contribution in [0.25, 0.3) is 0 Å². The zero-order valence-corrected chi connectivity index (χ0v) is 28.6. The van der Waals surface area contributed by atoms with Crippen molar-refractivity contribution in [1.29, 1.82) is 0 Å². The Morgan fingerprint density at radius 1 is 0.647 bits per heavy atom. The second kappa shape index (κ2) is 17.2. The zero-order valence-electron chi connectivity index (χ0n) is 19.9. The maximum atomic E-state index is 12.9. The Morgan fingerprint density at radius 2 is 1.00 bits per heavy atom. The fourth-order valence-electron chi connectivity index (χ4n) is 3.93. The first-order valence-corrected chi connectivity index (χ1v) is 16.4. The Balaban J connectivity index is 2.07. The second-order valence-corrected chi connectivity index (χ2v) is 13.7. The van der Waals surface area contributed by atoms with Crippen molar-refractivity contribution in [3.8, 4) is 0 Å². The predicted octanol–water partition coefficient (Wildman–Crippen LogP) is 9.94. The molecule has 188 valence electrons. The molecule has 7 heteroatoms. The van der Waals surface area contributed by atoms with Gasteiger partial charge in [0, 0.05) is 27.1 Å². The van der Waals surface area contributed by atoms with E-state index in [1.807, 2.05) is 0 Å². The Labute approximate surface area is 259 Å². The van der Waals surface area contributed by atoms with Gasteiger partial charge in [-0.05, 0) is 164 Å². The molecule has 0 spiro atoms. The number of carbonyl (C=O) groups is 1. The van der Waals surface area contributed by atoms with Gasteiger partial charge in [0.1, 0.15) is 12.2 Å². The summed E-state index contributed by atoms with van der Waals surface area (Å²) in [5.41, 5.74) is 2.41. The number of ether oxygens (including phenoxy) is 2. The van der Waals surface area contributed by atoms with Crippen molar-refractivity contribution < 1.29 is 14.3 Å². The Hall–Kier alpha value is 0.630. The van der Waals surface area contributed by atoms with Gasteiger partial charge in [-0.2, -0.15) is 0 Å². The molecule has 0 N–H and O–H groups in total. The van der Waals surface area contributed by atoms with Gasteiger partial charge in [0.25, 0.3) is 0 Å². The predicted molar refractivity (Wildman–Crippen MR) is 175 cm³/mol. The standard InChI is InChI=1S/C27H34I4O3/c1-3-5-7-9-25(15-19-11-21(28)17-22(29)12-19)33-27(32)34-26(10-8-6-4-2)16-20-13-23(30)18-24(31)14-20/h11-14,17-18,25-26H,3-10,15-16H2,1-2H3. The molecule has 0 fully saturated rings. The summed E-state index contributed by atoms with van der Waals surface area (Å²) in [6.07, 6.45) is 9.00. The molecule has 0 heterocycles. The molecule has 2 atom stereocenters. The minimum Gasteiger partial charge on any atom is -0.431 e. The van der Waals surface area contributed by atoms with Crippen LogP contribution in [0, 0.1) is 14.3 Å². The largest absolute Gasteiger partial charge is 0.508 e. The van der Waals surface area contributed by atoms with E-state index in [2.05, 4.69) is 141 Å². The monoisotopic (exact) mass is 914 g/mol. The van der Waals surface area contributed by atoms with E-state index < -0.39 is 6.16 Å². The molecular formula is C27H34I4O3. The fraction of sp³-hybridized carbons (Fsp3) is 0.519. The van der Waals surface area contributed by atoms with Gasteiger partial charge in [0.2, 0.25) is 0 Å². The number of hydrogen-bond acceptors (Lipinski definition) is 3. The van der Waals surface area contributed by atoms with E-state index in [1.54, 1.807) is 0 Å². The lowest BCUT2D eigenvalue weighted by atomic mass is 10.0. The average molecular weight is 914 g/mol. The normalized spacial score (nSPS) is 12.9. The first-order chi connectivity index (χ1) is 16.3. The van der Waals surface area contributed by atoms with Crippen LogP contribution in [0.3, 0.4) is 0 Å². The van der Waals surface area contributed by atoms with Crippen molar-refractivity contribution in [1.82, 2.24) is 0 Å². The summed E-state index contributed by atoms with van der Waals surface area (Å²) in [6.45, 7) is 4.39. The van der Waals surface area contributed by atoms with Crippen LogP contribution in [0.1, 0.15) is 76.3 Å². The lowest BCUT2D eigenvalue weighted by Gasteiger charge is -2.22. The fourth-order valence-corrected chi connectivity index (χ4v) is 8.07. The van der Waals surface area contributed by atoms with E-state index in [-0.39, 0.29) is 12.2 Å². The third kappa shape index (κ3) is 12.7. The summed E-state index contributed by atoms with van der Waals surface area (Å²) in [4.78, 5) is 12.9. The minimum atomic E-state index is -0.524. The summed E-state index contributed by atoms with van der Waals surface area (Å²) in [6, 6.07) is 13.0. The molecule has 2 aromatic rings. The topological polar surface area (TPSA) is 35.5 Å². The van der Waals surface area contributed by atoms with E-state index >= 15 is 0 Å². The second-order valence-electron chi connectivity index (χ2n) is 8.68. The molecule has 34 heavy (non-hydrogen) atoms. The van der Waals surface area contributed by atoms with Gasteiger partial charge in [-0.25, -0.2) is 4.79 Å². The number of halogens is 4. The molecule has 0 aliphatic rings. The first kappa shape index (κ1) is 30.9. The molecule has 0 saturated carbocycles. The molecule has 0 aliphatic heterocycles. The van der Waals surface area contributed by atoms with Gasteiger partial charge >= 0.3 is 6.16 Å². The average Bonchev–Trinajstić information content (AvgIpc) is 2.72. The Morgan fingerprint density at radius 3 is 1.32 bits per heavy atom. The maximum Gasteiger partial charge on any atom is 0.508 e. The number of carbonyl (C=O) groups excluding carboxylic acids is 1. The van der Waals surface area contributed by atoms with Crippen LogP contribution in [0.15, 0.2) is 36.4 Å². The third-order valence-corrected chi connectivity index (χ3v) is 8.05. The molecule has 0 aromatic heterocycles. The summed E-state index contributed by atoms with van der Waals surface area (Å²) in [5, 5.41) is 0. The van der Waals surface area contributed by atoms with Crippen molar-refractivity contribution in [3.63, 3.8) is 0 Å². The lowest BCUT2D eigenvalue weighted by Crippen LogP contribution is -2.27. The van der Waals surface area contributed by atoms with E-state index in [0.29, 0.717) is 0 Å². The lowest BCUT2D eigenvalue weighted by molar-refractivity contribution is -0.00656. The van der Waals surface area contributed by atoms with Gasteiger partial charge in [0.05, 0.1) is 0 Å². The van der Waals surface area contributed by atoms with Crippen molar-refractivity contribution in [2.45, 2.75) is 90.3 Å². The molecular weight excluding hydrogens is 880 g/mol. The minimum absolute atomic E-state index is 0.164. The highest BCUT2D eigenvalue weighted by Gasteiger charge is 2.21. The maximum absolute atomic E-state index is 12.9. The van der Waals surface area contributed by atoms with E-state index in [4.69, 9.17) is 9.47 Å². The highest BCUT2D eigenvalue weighted by atomic mass is 127. The Bertz CT molecular complexity index is 791. The number of rotatable bonds is 14. The van der Waals surface area contributed by atoms with Crippen molar-refractivity contribution >= 4 is 96.5 Å². The van der Waals surface area contributed by atoms with Crippen LogP contribution in [0.5, 0.6) is 0 Å². The van der Waals surface area contributed by atoms with Crippen LogP contribution in [0.4, 0.5) is 4.79 Å². The summed E-state index contributed by atoms with van der Waals surface area (Å²) in [5.74, 6) is 0. The zero-order chi connectivity index (χ0) is 24.9. The number of unbranched alkanes of at least 4 members (excludes halogenated alkanes) is 4. The van der Waals surface area contributed by atoms with Crippen molar-refractivity contribution in [2.75, 3.05) is 0 Å². The van der Waals surface area contributed by atoms with Crippen molar-refractivity contribution in [3.05, 3.63) is 61.8 Å². The summed E-state index contributed by atoms with van der Waals surface area (Å²) < 4.78 is 16.7. The third-order valence-electron chi connectivity index (χ3n) is 5.56. The van der Waals surface area contributed by atoms with E-state index in [1.165, 1.54) is 25.4 Å². The van der Waals surface area contributed by atoms with Gasteiger partial charge in [-0.1, -0.05) is 39.5 Å². The number of hydrogen-bond donors (Lipinski definition) is 0. The first-order valence-electron chi connectivity index (χ1n) is 12.1. The molecule has 0 saturated heterocycles. The quantitative estimate of drug-likeness (QED) is 0.108. The highest BCUT2D eigenvalue weighted by Crippen LogP contribution is 2.22. The molecule has 0 radical (unpaired) electrons. The Kier molecular flexibility index (Phi) is 15.6. The molecule has 3 nitrogen and oxygen atoms in total. The van der Waals surface area contributed by atoms with Crippen LogP contribution < -0.4 is 0 Å². The smallest absolute Gasteiger partial charge is 0.431 e. The van der Waals surface area contributed by atoms with Crippen molar-refractivity contribution in [2.24, 2.45) is 0 Å². The molecule has 2 aromatic carbocycles. The SMILES string of the molecule is CCCCCC(Cc1cc(I)cc(I)c1)OC(=O)OC(CCCCC)Cc1cc(I)cc(I)c1. The van der Waals surface area contributed by atoms with Gasteiger partial charge in [0.15, 0.2) is 0 Å². The van der Waals surface area contributed by atoms with Crippen LogP contribution in [0.2, 0.25) is 0 Å². The molecule has 0 amide bonds. The van der Waals surface area contributed by atoms with Gasteiger partial charge in [-0.3, -0.25) is 0 Å². The summed E-state index contributed by atoms with van der Waals surface area (Å²) in [7, 11) is 0. The van der Waals surface area contributed by atoms with Gasteiger partial charge in [-0.15, -0.1) is 0 Å². The highest BCUT2D eigenvalue weighted by molar-refractivity contribution is 14.1. The van der Waals surface area contributed by atoms with E-state index in [9.17, 15) is 4.79 Å². The molecule has 2 unspecified atom stereocenters. The van der Waals surface area contributed by atoms with Crippen LogP contribution in [-0.4, -0.2) is 18.4 Å². The number of benzene rings is 2. The summed E-state index contributed by atoms with van der Waals surface area (Å²) >= 11 is 9.39. The molecule has 2 rings (SSSR count). The van der Waals surface area contributed by atoms with Crippen LogP contribution in [-0.2, 0) is 22.3 Å². The van der Waals surface area contributed by atoms with E-state index in [0.717, 1.165) is 64.2 Å². The molecule has 0 aliphatic carbocycles. The molecule has 0 bridgehead atoms. The van der Waals surface area contributed by atoms with Crippen LogP contribution >= 0.6 is 90.4 Å².